The van der Waals surface area contributed by atoms with Crippen LogP contribution in [0.15, 0.2) is 24.7 Å². The van der Waals surface area contributed by atoms with Crippen molar-refractivity contribution in [2.75, 3.05) is 12.4 Å². The summed E-state index contributed by atoms with van der Waals surface area (Å²) in [6, 6.07) is -0.772. The Morgan fingerprint density at radius 3 is 2.58 bits per heavy atom. The quantitative estimate of drug-likeness (QED) is 0.198. The highest BCUT2D eigenvalue weighted by Gasteiger charge is 2.25. The molecule has 0 aliphatic carbocycles. The molecule has 0 aliphatic heterocycles. The first-order chi connectivity index (χ1) is 14.6. The smallest absolute Gasteiger partial charge is 0.350 e. The molecule has 0 aliphatic rings. The SMILES string of the molecule is COc1nn(C(C)C(=O)Nc2cnn(Cc3c(F)cc(F)c(F)c3F)c2)cc1[N+](=O)[O-]. The summed E-state index contributed by atoms with van der Waals surface area (Å²) in [5.41, 5.74) is -1.05. The summed E-state index contributed by atoms with van der Waals surface area (Å²) in [7, 11) is 1.19. The summed E-state index contributed by atoms with van der Waals surface area (Å²) in [6.07, 6.45) is 3.39. The van der Waals surface area contributed by atoms with Crippen LogP contribution in [-0.2, 0) is 11.3 Å². The zero-order valence-corrected chi connectivity index (χ0v) is 16.0. The topological polar surface area (TPSA) is 117 Å². The first-order valence-electron chi connectivity index (χ1n) is 8.55. The number of anilines is 1. The van der Waals surface area contributed by atoms with Gasteiger partial charge in [-0.3, -0.25) is 19.6 Å². The molecule has 14 heteroatoms. The van der Waals surface area contributed by atoms with Crippen molar-refractivity contribution in [1.29, 1.82) is 0 Å². The number of carbonyl (C=O) groups is 1. The van der Waals surface area contributed by atoms with Crippen LogP contribution in [0.4, 0.5) is 28.9 Å². The van der Waals surface area contributed by atoms with Crippen molar-refractivity contribution < 1.29 is 32.0 Å². The molecule has 0 radical (unpaired) electrons. The Morgan fingerprint density at radius 1 is 1.26 bits per heavy atom. The summed E-state index contributed by atoms with van der Waals surface area (Å²) in [5.74, 6) is -7.34. The van der Waals surface area contributed by atoms with E-state index in [-0.39, 0.29) is 17.6 Å². The highest BCUT2D eigenvalue weighted by molar-refractivity contribution is 5.93. The van der Waals surface area contributed by atoms with Gasteiger partial charge in [-0.05, 0) is 6.92 Å². The molecule has 3 rings (SSSR count). The lowest BCUT2D eigenvalue weighted by molar-refractivity contribution is -0.385. The maximum atomic E-state index is 13.8. The number of halogens is 4. The van der Waals surface area contributed by atoms with E-state index in [1.54, 1.807) is 0 Å². The molecular weight excluding hydrogens is 428 g/mol. The van der Waals surface area contributed by atoms with Crippen LogP contribution in [0.3, 0.4) is 0 Å². The number of benzene rings is 1. The number of aromatic nitrogens is 4. The first kappa shape index (κ1) is 21.7. The Morgan fingerprint density at radius 2 is 1.97 bits per heavy atom. The van der Waals surface area contributed by atoms with Crippen molar-refractivity contribution in [3.05, 3.63) is 63.6 Å². The number of nitrogens with zero attached hydrogens (tertiary/aromatic N) is 5. The molecule has 1 aromatic carbocycles. The number of rotatable bonds is 7. The number of nitrogens with one attached hydrogen (secondary N) is 1. The molecule has 164 valence electrons. The average molecular weight is 442 g/mol. The second-order valence-corrected chi connectivity index (χ2v) is 6.30. The Hall–Kier alpha value is -3.97. The lowest BCUT2D eigenvalue weighted by atomic mass is 10.2. The van der Waals surface area contributed by atoms with E-state index in [9.17, 15) is 32.5 Å². The van der Waals surface area contributed by atoms with E-state index >= 15 is 0 Å². The zero-order valence-electron chi connectivity index (χ0n) is 16.0. The molecule has 0 bridgehead atoms. The van der Waals surface area contributed by atoms with Crippen LogP contribution in [0, 0.1) is 33.4 Å². The Bertz CT molecular complexity index is 1160. The Labute approximate surface area is 171 Å². The third-order valence-corrected chi connectivity index (χ3v) is 4.28. The van der Waals surface area contributed by atoms with Gasteiger partial charge in [-0.2, -0.15) is 5.10 Å². The third-order valence-electron chi connectivity index (χ3n) is 4.28. The van der Waals surface area contributed by atoms with E-state index in [4.69, 9.17) is 4.74 Å². The van der Waals surface area contributed by atoms with Crippen LogP contribution in [0.1, 0.15) is 18.5 Å². The molecule has 2 aromatic heterocycles. The van der Waals surface area contributed by atoms with E-state index in [0.717, 1.165) is 21.8 Å². The van der Waals surface area contributed by atoms with Crippen LogP contribution in [0.5, 0.6) is 5.88 Å². The van der Waals surface area contributed by atoms with E-state index in [1.165, 1.54) is 20.2 Å². The predicted octanol–water partition coefficient (Wildman–Crippen LogP) is 2.80. The predicted molar refractivity (Wildman–Crippen MR) is 96.4 cm³/mol. The summed E-state index contributed by atoms with van der Waals surface area (Å²) < 4.78 is 60.8. The summed E-state index contributed by atoms with van der Waals surface area (Å²) in [6.45, 7) is 0.852. The maximum Gasteiger partial charge on any atom is 0.350 e. The number of hydrogen-bond acceptors (Lipinski definition) is 6. The minimum absolute atomic E-state index is 0.119. The average Bonchev–Trinajstić information content (AvgIpc) is 3.35. The fraction of sp³-hybridized carbons (Fsp3) is 0.235. The number of hydrogen-bond donors (Lipinski definition) is 1. The lowest BCUT2D eigenvalue weighted by Gasteiger charge is -2.11. The molecule has 10 nitrogen and oxygen atoms in total. The summed E-state index contributed by atoms with van der Waals surface area (Å²) in [5, 5.41) is 21.1. The second kappa shape index (κ2) is 8.41. The molecule has 1 amide bonds. The van der Waals surface area contributed by atoms with Crippen molar-refractivity contribution in [2.45, 2.75) is 19.5 Å². The van der Waals surface area contributed by atoms with Gasteiger partial charge in [-0.15, -0.1) is 5.10 Å². The van der Waals surface area contributed by atoms with Gasteiger partial charge >= 0.3 is 11.6 Å². The van der Waals surface area contributed by atoms with Crippen molar-refractivity contribution in [3.63, 3.8) is 0 Å². The molecule has 0 spiro atoms. The van der Waals surface area contributed by atoms with E-state index in [0.29, 0.717) is 0 Å². The largest absolute Gasteiger partial charge is 0.475 e. The molecule has 1 unspecified atom stereocenters. The van der Waals surface area contributed by atoms with Gasteiger partial charge in [0.15, 0.2) is 17.5 Å². The zero-order chi connectivity index (χ0) is 22.9. The van der Waals surface area contributed by atoms with Crippen molar-refractivity contribution in [3.8, 4) is 5.88 Å². The Kier molecular flexibility index (Phi) is 5.90. The molecule has 0 saturated heterocycles. The lowest BCUT2D eigenvalue weighted by Crippen LogP contribution is -2.23. The summed E-state index contributed by atoms with van der Waals surface area (Å²) >= 11 is 0. The van der Waals surface area contributed by atoms with Crippen LogP contribution >= 0.6 is 0 Å². The van der Waals surface area contributed by atoms with Crippen LogP contribution in [0.2, 0.25) is 0 Å². The maximum absolute atomic E-state index is 13.8. The van der Waals surface area contributed by atoms with Gasteiger partial charge in [0.25, 0.3) is 0 Å². The third kappa shape index (κ3) is 4.31. The van der Waals surface area contributed by atoms with Crippen molar-refractivity contribution >= 4 is 17.3 Å². The molecule has 1 N–H and O–H groups in total. The van der Waals surface area contributed by atoms with E-state index in [2.05, 4.69) is 15.5 Å². The summed E-state index contributed by atoms with van der Waals surface area (Å²) in [4.78, 5) is 22.7. The van der Waals surface area contributed by atoms with Gasteiger partial charge in [0.1, 0.15) is 18.1 Å². The number of carbonyl (C=O) groups excluding carboxylic acids is 1. The molecule has 31 heavy (non-hydrogen) atoms. The normalized spacial score (nSPS) is 11.9. The molecule has 0 fully saturated rings. The fourth-order valence-corrected chi connectivity index (χ4v) is 2.63. The minimum atomic E-state index is -1.81. The monoisotopic (exact) mass is 442 g/mol. The van der Waals surface area contributed by atoms with Crippen LogP contribution in [0.25, 0.3) is 0 Å². The highest BCUT2D eigenvalue weighted by atomic mass is 19.2. The highest BCUT2D eigenvalue weighted by Crippen LogP contribution is 2.26. The van der Waals surface area contributed by atoms with Gasteiger partial charge in [0.05, 0.1) is 30.5 Å². The number of amides is 1. The van der Waals surface area contributed by atoms with E-state index < -0.39 is 57.9 Å². The van der Waals surface area contributed by atoms with E-state index in [1.807, 2.05) is 0 Å². The molecule has 0 saturated carbocycles. The van der Waals surface area contributed by atoms with Gasteiger partial charge in [-0.1, -0.05) is 0 Å². The number of methoxy groups -OCH3 is 1. The van der Waals surface area contributed by atoms with Gasteiger partial charge in [0, 0.05) is 17.8 Å². The fourth-order valence-electron chi connectivity index (χ4n) is 2.63. The minimum Gasteiger partial charge on any atom is -0.475 e. The van der Waals surface area contributed by atoms with Gasteiger partial charge < -0.3 is 10.1 Å². The molecule has 1 atom stereocenters. The Balaban J connectivity index is 1.73. The van der Waals surface area contributed by atoms with Gasteiger partial charge in [0.2, 0.25) is 5.91 Å². The van der Waals surface area contributed by atoms with Crippen molar-refractivity contribution in [2.24, 2.45) is 0 Å². The van der Waals surface area contributed by atoms with Crippen molar-refractivity contribution in [1.82, 2.24) is 19.6 Å². The molecule has 2 heterocycles. The molecular formula is C17H14F4N6O4. The number of ether oxygens (including phenoxy) is 1. The van der Waals surface area contributed by atoms with Gasteiger partial charge in [-0.25, -0.2) is 22.2 Å². The number of nitro groups is 1. The standard InChI is InChI=1S/C17H14F4N6O4/c1-8(26-7-13(27(29)30)17(24-26)31-2)16(28)23-9-4-22-25(5-9)6-10-11(18)3-12(19)15(21)14(10)20/h3-5,7-8H,6H2,1-2H3,(H,23,28). The van der Waals surface area contributed by atoms with Crippen LogP contribution in [-0.4, -0.2) is 37.5 Å². The second-order valence-electron chi connectivity index (χ2n) is 6.30. The molecule has 3 aromatic rings. The van der Waals surface area contributed by atoms with Crippen LogP contribution < -0.4 is 10.1 Å². The first-order valence-corrected chi connectivity index (χ1v) is 8.55.